The summed E-state index contributed by atoms with van der Waals surface area (Å²) >= 11 is 0. The first-order chi connectivity index (χ1) is 14.5. The van der Waals surface area contributed by atoms with Crippen molar-refractivity contribution in [1.29, 1.82) is 0 Å². The molecule has 1 aliphatic heterocycles. The summed E-state index contributed by atoms with van der Waals surface area (Å²) in [7, 11) is 0. The quantitative estimate of drug-likeness (QED) is 0.508. The molecule has 2 aromatic carbocycles. The third-order valence-corrected chi connectivity index (χ3v) is 6.16. The van der Waals surface area contributed by atoms with Gasteiger partial charge in [0.1, 0.15) is 11.6 Å². The van der Waals surface area contributed by atoms with Crippen molar-refractivity contribution in [3.8, 4) is 5.75 Å². The maximum atomic E-state index is 12.1. The number of carbonyl (C=O) groups excluding carboxylic acids is 1. The number of imidazole rings is 1. The van der Waals surface area contributed by atoms with E-state index in [0.717, 1.165) is 61.4 Å². The fraction of sp³-hybridized carbons (Fsp3) is 0.440. The Morgan fingerprint density at radius 1 is 1.13 bits per heavy atom. The maximum Gasteiger partial charge on any atom is 0.220 e. The summed E-state index contributed by atoms with van der Waals surface area (Å²) in [6.45, 7) is 8.30. The van der Waals surface area contributed by atoms with Crippen LogP contribution < -0.4 is 4.74 Å². The highest BCUT2D eigenvalue weighted by Crippen LogP contribution is 2.33. The molecular weight excluding hydrogens is 374 g/mol. The number of para-hydroxylation sites is 2. The van der Waals surface area contributed by atoms with E-state index in [2.05, 4.69) is 48.7 Å². The lowest BCUT2D eigenvalue weighted by Gasteiger charge is -2.24. The molecule has 1 saturated heterocycles. The zero-order valence-corrected chi connectivity index (χ0v) is 18.2. The van der Waals surface area contributed by atoms with Gasteiger partial charge in [-0.25, -0.2) is 4.98 Å². The molecule has 158 valence electrons. The zero-order chi connectivity index (χ0) is 21.1. The molecule has 0 aliphatic carbocycles. The number of rotatable bonds is 7. The van der Waals surface area contributed by atoms with E-state index in [4.69, 9.17) is 9.72 Å². The number of hydrogen-bond acceptors (Lipinski definition) is 3. The first-order valence-corrected chi connectivity index (χ1v) is 11.0. The van der Waals surface area contributed by atoms with E-state index in [1.165, 1.54) is 11.1 Å². The van der Waals surface area contributed by atoms with Crippen LogP contribution in [0.2, 0.25) is 0 Å². The highest BCUT2D eigenvalue weighted by atomic mass is 16.5. The molecule has 3 aromatic rings. The van der Waals surface area contributed by atoms with Crippen molar-refractivity contribution < 1.29 is 9.53 Å². The lowest BCUT2D eigenvalue weighted by molar-refractivity contribution is -0.129. The number of nitrogens with zero attached hydrogens (tertiary/aromatic N) is 3. The van der Waals surface area contributed by atoms with E-state index in [1.54, 1.807) is 6.92 Å². The summed E-state index contributed by atoms with van der Waals surface area (Å²) in [5, 5.41) is 0. The van der Waals surface area contributed by atoms with E-state index in [9.17, 15) is 4.79 Å². The van der Waals surface area contributed by atoms with Crippen LogP contribution in [-0.4, -0.2) is 33.5 Å². The fourth-order valence-corrected chi connectivity index (χ4v) is 4.36. The molecule has 1 amide bonds. The molecule has 2 heterocycles. The Morgan fingerprint density at radius 2 is 1.97 bits per heavy atom. The molecule has 1 atom stereocenters. The maximum absolute atomic E-state index is 12.1. The first kappa shape index (κ1) is 20.5. The van der Waals surface area contributed by atoms with Crippen molar-refractivity contribution in [1.82, 2.24) is 14.5 Å². The fourth-order valence-electron chi connectivity index (χ4n) is 4.36. The number of hydrogen-bond donors (Lipinski definition) is 0. The van der Waals surface area contributed by atoms with Gasteiger partial charge in [0.25, 0.3) is 0 Å². The number of aryl methyl sites for hydroxylation is 3. The summed E-state index contributed by atoms with van der Waals surface area (Å²) < 4.78 is 8.27. The highest BCUT2D eigenvalue weighted by Gasteiger charge is 2.31. The minimum absolute atomic E-state index is 0.0849. The molecule has 30 heavy (non-hydrogen) atoms. The van der Waals surface area contributed by atoms with Gasteiger partial charge in [0.2, 0.25) is 5.91 Å². The molecule has 5 heteroatoms. The van der Waals surface area contributed by atoms with Crippen LogP contribution in [0.4, 0.5) is 0 Å². The molecule has 0 saturated carbocycles. The van der Waals surface area contributed by atoms with Gasteiger partial charge in [-0.1, -0.05) is 18.2 Å². The predicted molar refractivity (Wildman–Crippen MR) is 120 cm³/mol. The standard InChI is InChI=1S/C25H31N3O2/c1-18-12-13-21(17-19(18)2)30-16-7-6-14-28-23-10-5-4-9-22(23)26-25(28)24-11-8-15-27(24)20(3)29/h4-5,9-10,12-13,17,24H,6-8,11,14-16H2,1-3H3/t24-/m0/s1. The Bertz CT molecular complexity index is 1040. The zero-order valence-electron chi connectivity index (χ0n) is 18.2. The van der Waals surface area contributed by atoms with Gasteiger partial charge in [-0.05, 0) is 74.9 Å². The Labute approximate surface area is 178 Å². The van der Waals surface area contributed by atoms with E-state index in [1.807, 2.05) is 17.0 Å². The van der Waals surface area contributed by atoms with Gasteiger partial charge in [0.15, 0.2) is 0 Å². The SMILES string of the molecule is CC(=O)N1CCC[C@H]1c1nc2ccccc2n1CCCCOc1ccc(C)c(C)c1. The largest absolute Gasteiger partial charge is 0.494 e. The number of aromatic nitrogens is 2. The van der Waals surface area contributed by atoms with E-state index < -0.39 is 0 Å². The number of likely N-dealkylation sites (tertiary alicyclic amines) is 1. The van der Waals surface area contributed by atoms with Gasteiger partial charge >= 0.3 is 0 Å². The third kappa shape index (κ3) is 4.20. The lowest BCUT2D eigenvalue weighted by Crippen LogP contribution is -2.30. The Balaban J connectivity index is 1.44. The van der Waals surface area contributed by atoms with E-state index in [-0.39, 0.29) is 11.9 Å². The summed E-state index contributed by atoms with van der Waals surface area (Å²) in [5.41, 5.74) is 4.70. The van der Waals surface area contributed by atoms with Crippen molar-refractivity contribution >= 4 is 16.9 Å². The van der Waals surface area contributed by atoms with Crippen molar-refractivity contribution in [2.24, 2.45) is 0 Å². The predicted octanol–water partition coefficient (Wildman–Crippen LogP) is 5.20. The molecule has 0 radical (unpaired) electrons. The molecule has 1 aliphatic rings. The van der Waals surface area contributed by atoms with Gasteiger partial charge in [-0.2, -0.15) is 0 Å². The molecule has 0 spiro atoms. The number of fused-ring (bicyclic) bond motifs is 1. The molecule has 0 N–H and O–H groups in total. The van der Waals surface area contributed by atoms with Gasteiger partial charge < -0.3 is 14.2 Å². The summed E-state index contributed by atoms with van der Waals surface area (Å²) in [6.07, 6.45) is 4.00. The third-order valence-electron chi connectivity index (χ3n) is 6.16. The minimum Gasteiger partial charge on any atom is -0.494 e. The number of ether oxygens (including phenoxy) is 1. The van der Waals surface area contributed by atoms with Crippen LogP contribution in [-0.2, 0) is 11.3 Å². The second kappa shape index (κ2) is 8.90. The Kier molecular flexibility index (Phi) is 6.07. The van der Waals surface area contributed by atoms with Gasteiger partial charge in [0.05, 0.1) is 23.7 Å². The van der Waals surface area contributed by atoms with Crippen LogP contribution in [0.15, 0.2) is 42.5 Å². The Morgan fingerprint density at radius 3 is 2.77 bits per heavy atom. The molecular formula is C25H31N3O2. The number of benzene rings is 2. The van der Waals surface area contributed by atoms with Crippen LogP contribution in [0.1, 0.15) is 55.6 Å². The van der Waals surface area contributed by atoms with Crippen LogP contribution in [0, 0.1) is 13.8 Å². The summed E-state index contributed by atoms with van der Waals surface area (Å²) in [6, 6.07) is 14.6. The van der Waals surface area contributed by atoms with Gasteiger partial charge in [0, 0.05) is 20.0 Å². The average molecular weight is 406 g/mol. The monoisotopic (exact) mass is 405 g/mol. The molecule has 4 rings (SSSR count). The summed E-state index contributed by atoms with van der Waals surface area (Å²) in [4.78, 5) is 19.0. The first-order valence-electron chi connectivity index (χ1n) is 11.0. The highest BCUT2D eigenvalue weighted by molar-refractivity contribution is 5.77. The van der Waals surface area contributed by atoms with Crippen LogP contribution in [0.25, 0.3) is 11.0 Å². The van der Waals surface area contributed by atoms with E-state index >= 15 is 0 Å². The molecule has 1 fully saturated rings. The molecule has 0 unspecified atom stereocenters. The smallest absolute Gasteiger partial charge is 0.220 e. The van der Waals surface area contributed by atoms with Crippen LogP contribution in [0.3, 0.4) is 0 Å². The van der Waals surface area contributed by atoms with Crippen molar-refractivity contribution in [3.05, 3.63) is 59.4 Å². The number of amides is 1. The number of unbranched alkanes of at least 4 members (excludes halogenated alkanes) is 1. The van der Waals surface area contributed by atoms with Crippen LogP contribution >= 0.6 is 0 Å². The lowest BCUT2D eigenvalue weighted by atomic mass is 10.1. The second-order valence-corrected chi connectivity index (χ2v) is 8.28. The molecule has 1 aromatic heterocycles. The number of carbonyl (C=O) groups is 1. The molecule has 5 nitrogen and oxygen atoms in total. The summed E-state index contributed by atoms with van der Waals surface area (Å²) in [5.74, 6) is 2.10. The van der Waals surface area contributed by atoms with E-state index in [0.29, 0.717) is 6.61 Å². The minimum atomic E-state index is 0.0849. The van der Waals surface area contributed by atoms with Crippen molar-refractivity contribution in [2.45, 2.75) is 59.0 Å². The van der Waals surface area contributed by atoms with Crippen molar-refractivity contribution in [2.75, 3.05) is 13.2 Å². The van der Waals surface area contributed by atoms with Crippen LogP contribution in [0.5, 0.6) is 5.75 Å². The average Bonchev–Trinajstić information content (AvgIpc) is 3.35. The second-order valence-electron chi connectivity index (χ2n) is 8.28. The normalized spacial score (nSPS) is 16.4. The van der Waals surface area contributed by atoms with Gasteiger partial charge in [-0.3, -0.25) is 4.79 Å². The van der Waals surface area contributed by atoms with Gasteiger partial charge in [-0.15, -0.1) is 0 Å². The Hall–Kier alpha value is -2.82. The topological polar surface area (TPSA) is 47.4 Å². The van der Waals surface area contributed by atoms with Crippen molar-refractivity contribution in [3.63, 3.8) is 0 Å². The molecule has 0 bridgehead atoms.